The van der Waals surface area contributed by atoms with Crippen molar-refractivity contribution in [1.82, 2.24) is 24.8 Å². The molecule has 4 rings (SSSR count). The molecule has 0 saturated carbocycles. The number of morpholine rings is 1. The lowest BCUT2D eigenvalue weighted by Crippen LogP contribution is -2.42. The average molecular weight is 523 g/mol. The van der Waals surface area contributed by atoms with Gasteiger partial charge in [0.1, 0.15) is 6.17 Å². The second kappa shape index (κ2) is 11.1. The Labute approximate surface area is 214 Å². The Hall–Kier alpha value is -2.16. The van der Waals surface area contributed by atoms with Gasteiger partial charge in [-0.05, 0) is 49.2 Å². The quantitative estimate of drug-likeness (QED) is 0.420. The highest BCUT2D eigenvalue weighted by atomic mass is 35.5. The lowest BCUT2D eigenvalue weighted by atomic mass is 10.1. The highest BCUT2D eigenvalue weighted by molar-refractivity contribution is 6.34. The van der Waals surface area contributed by atoms with Crippen molar-refractivity contribution in [3.63, 3.8) is 0 Å². The van der Waals surface area contributed by atoms with Crippen LogP contribution in [0.1, 0.15) is 41.6 Å². The Balaban J connectivity index is 1.53. The first-order valence-corrected chi connectivity index (χ1v) is 12.2. The standard InChI is InChI=1S/C24H26Cl3N5O2/c1-16(2)31(13-18-5-3-4-6-21(18)27)24(33)22-14-32(29-28-22)23-15-34-8-7-30(23)12-17-9-19(25)11-20(26)10-17/h3-6,9-11,14,16,23H,7-8,12-13,15H2,1-2H3. The number of hydrogen-bond donors (Lipinski definition) is 0. The average Bonchev–Trinajstić information content (AvgIpc) is 3.28. The van der Waals surface area contributed by atoms with Crippen LogP contribution < -0.4 is 0 Å². The molecular weight excluding hydrogens is 497 g/mol. The summed E-state index contributed by atoms with van der Waals surface area (Å²) in [5, 5.41) is 10.3. The van der Waals surface area contributed by atoms with Gasteiger partial charge in [-0.15, -0.1) is 5.10 Å². The molecule has 0 bridgehead atoms. The number of nitrogens with zero attached hydrogens (tertiary/aromatic N) is 5. The third kappa shape index (κ3) is 5.90. The molecule has 1 unspecified atom stereocenters. The van der Waals surface area contributed by atoms with Crippen LogP contribution in [0, 0.1) is 0 Å². The summed E-state index contributed by atoms with van der Waals surface area (Å²) in [5.74, 6) is -0.203. The molecule has 1 saturated heterocycles. The van der Waals surface area contributed by atoms with Crippen molar-refractivity contribution in [2.24, 2.45) is 0 Å². The Morgan fingerprint density at radius 2 is 1.91 bits per heavy atom. The summed E-state index contributed by atoms with van der Waals surface area (Å²) < 4.78 is 7.39. The number of hydrogen-bond acceptors (Lipinski definition) is 5. The van der Waals surface area contributed by atoms with Crippen LogP contribution in [-0.4, -0.2) is 56.5 Å². The van der Waals surface area contributed by atoms with Gasteiger partial charge in [-0.3, -0.25) is 9.69 Å². The molecule has 10 heteroatoms. The Kier molecular flexibility index (Phi) is 8.11. The van der Waals surface area contributed by atoms with E-state index < -0.39 is 0 Å². The third-order valence-corrected chi connectivity index (χ3v) is 6.54. The van der Waals surface area contributed by atoms with Crippen LogP contribution in [0.25, 0.3) is 0 Å². The first-order chi connectivity index (χ1) is 16.3. The fraction of sp³-hybridized carbons (Fsp3) is 0.375. The zero-order valence-corrected chi connectivity index (χ0v) is 21.3. The monoisotopic (exact) mass is 521 g/mol. The highest BCUT2D eigenvalue weighted by Crippen LogP contribution is 2.25. The summed E-state index contributed by atoms with van der Waals surface area (Å²) in [6.45, 7) is 6.66. The number of benzene rings is 2. The van der Waals surface area contributed by atoms with Crippen molar-refractivity contribution in [2.45, 2.75) is 39.1 Å². The van der Waals surface area contributed by atoms with Crippen LogP contribution >= 0.6 is 34.8 Å². The molecule has 1 aliphatic heterocycles. The smallest absolute Gasteiger partial charge is 0.276 e. The minimum absolute atomic E-state index is 0.0454. The van der Waals surface area contributed by atoms with Crippen molar-refractivity contribution in [3.05, 3.63) is 80.6 Å². The van der Waals surface area contributed by atoms with Gasteiger partial charge in [0.15, 0.2) is 5.69 Å². The van der Waals surface area contributed by atoms with E-state index in [1.807, 2.05) is 50.2 Å². The molecule has 3 aromatic rings. The molecule has 2 heterocycles. The van der Waals surface area contributed by atoms with E-state index in [9.17, 15) is 4.79 Å². The molecule has 34 heavy (non-hydrogen) atoms. The molecule has 2 aromatic carbocycles. The summed E-state index contributed by atoms with van der Waals surface area (Å²) in [7, 11) is 0. The fourth-order valence-electron chi connectivity index (χ4n) is 3.96. The van der Waals surface area contributed by atoms with E-state index in [4.69, 9.17) is 39.5 Å². The first kappa shape index (κ1) is 24.9. The largest absolute Gasteiger partial charge is 0.376 e. The lowest BCUT2D eigenvalue weighted by Gasteiger charge is -2.35. The van der Waals surface area contributed by atoms with Crippen molar-refractivity contribution < 1.29 is 9.53 Å². The Bertz CT molecular complexity index is 1130. The second-order valence-corrected chi connectivity index (χ2v) is 9.79. The summed E-state index contributed by atoms with van der Waals surface area (Å²) in [6, 6.07) is 13.0. The van der Waals surface area contributed by atoms with Gasteiger partial charge in [-0.2, -0.15) is 0 Å². The second-order valence-electron chi connectivity index (χ2n) is 8.51. The molecule has 0 radical (unpaired) electrons. The van der Waals surface area contributed by atoms with Gasteiger partial charge in [0.2, 0.25) is 0 Å². The predicted molar refractivity (Wildman–Crippen MR) is 133 cm³/mol. The Morgan fingerprint density at radius 1 is 1.18 bits per heavy atom. The van der Waals surface area contributed by atoms with Gasteiger partial charge in [-0.25, -0.2) is 4.68 Å². The highest BCUT2D eigenvalue weighted by Gasteiger charge is 2.28. The van der Waals surface area contributed by atoms with Crippen LogP contribution in [0.5, 0.6) is 0 Å². The van der Waals surface area contributed by atoms with Crippen molar-refractivity contribution in [1.29, 1.82) is 0 Å². The zero-order valence-electron chi connectivity index (χ0n) is 19.0. The number of ether oxygens (including phenoxy) is 1. The number of carbonyl (C=O) groups excluding carboxylic acids is 1. The SMILES string of the molecule is CC(C)N(Cc1ccccc1Cl)C(=O)c1cn(C2COCCN2Cc2cc(Cl)cc(Cl)c2)nn1. The minimum atomic E-state index is -0.211. The van der Waals surface area contributed by atoms with Crippen LogP contribution in [0.4, 0.5) is 0 Å². The van der Waals surface area contributed by atoms with E-state index in [0.29, 0.717) is 47.9 Å². The molecule has 1 aromatic heterocycles. The van der Waals surface area contributed by atoms with Gasteiger partial charge in [-0.1, -0.05) is 58.2 Å². The van der Waals surface area contributed by atoms with E-state index in [2.05, 4.69) is 15.2 Å². The third-order valence-electron chi connectivity index (χ3n) is 5.74. The topological polar surface area (TPSA) is 63.5 Å². The van der Waals surface area contributed by atoms with Gasteiger partial charge in [0, 0.05) is 40.7 Å². The minimum Gasteiger partial charge on any atom is -0.376 e. The van der Waals surface area contributed by atoms with Gasteiger partial charge in [0.25, 0.3) is 5.91 Å². The molecule has 1 amide bonds. The number of carbonyl (C=O) groups is 1. The Morgan fingerprint density at radius 3 is 2.62 bits per heavy atom. The number of amides is 1. The van der Waals surface area contributed by atoms with Gasteiger partial charge in [0.05, 0.1) is 19.4 Å². The molecule has 0 N–H and O–H groups in total. The number of aromatic nitrogens is 3. The van der Waals surface area contributed by atoms with E-state index in [1.165, 1.54) is 0 Å². The maximum Gasteiger partial charge on any atom is 0.276 e. The number of rotatable bonds is 7. The maximum atomic E-state index is 13.3. The number of halogens is 3. The molecule has 180 valence electrons. The molecule has 1 atom stereocenters. The van der Waals surface area contributed by atoms with Crippen molar-refractivity contribution in [2.75, 3.05) is 19.8 Å². The zero-order chi connectivity index (χ0) is 24.2. The molecule has 1 fully saturated rings. The fourth-order valence-corrected chi connectivity index (χ4v) is 4.72. The lowest BCUT2D eigenvalue weighted by molar-refractivity contribution is -0.0477. The summed E-state index contributed by atoms with van der Waals surface area (Å²) in [5.41, 5.74) is 2.15. The summed E-state index contributed by atoms with van der Waals surface area (Å²) >= 11 is 18.7. The van der Waals surface area contributed by atoms with Gasteiger partial charge < -0.3 is 9.64 Å². The summed E-state index contributed by atoms with van der Waals surface area (Å²) in [6.07, 6.45) is 1.47. The van der Waals surface area contributed by atoms with E-state index in [0.717, 1.165) is 11.1 Å². The molecular formula is C24H26Cl3N5O2. The summed E-state index contributed by atoms with van der Waals surface area (Å²) in [4.78, 5) is 17.3. The van der Waals surface area contributed by atoms with Gasteiger partial charge >= 0.3 is 0 Å². The normalized spacial score (nSPS) is 16.7. The van der Waals surface area contributed by atoms with Crippen LogP contribution in [0.15, 0.2) is 48.7 Å². The first-order valence-electron chi connectivity index (χ1n) is 11.0. The molecule has 0 aliphatic carbocycles. The predicted octanol–water partition coefficient (Wildman–Crippen LogP) is 5.32. The van der Waals surface area contributed by atoms with E-state index in [1.54, 1.807) is 21.8 Å². The maximum absolute atomic E-state index is 13.3. The van der Waals surface area contributed by atoms with Crippen LogP contribution in [0.2, 0.25) is 15.1 Å². The van der Waals surface area contributed by atoms with E-state index >= 15 is 0 Å². The molecule has 7 nitrogen and oxygen atoms in total. The van der Waals surface area contributed by atoms with E-state index in [-0.39, 0.29) is 23.8 Å². The van der Waals surface area contributed by atoms with Crippen LogP contribution in [-0.2, 0) is 17.8 Å². The van der Waals surface area contributed by atoms with Crippen LogP contribution in [0.3, 0.4) is 0 Å². The molecule has 0 spiro atoms. The van der Waals surface area contributed by atoms with Crippen molar-refractivity contribution in [3.8, 4) is 0 Å². The van der Waals surface area contributed by atoms with Crippen molar-refractivity contribution >= 4 is 40.7 Å². The molecule has 1 aliphatic rings.